The summed E-state index contributed by atoms with van der Waals surface area (Å²) in [6, 6.07) is 6.29. The fraction of sp³-hybridized carbons (Fsp3) is 0.724. The van der Waals surface area contributed by atoms with Crippen LogP contribution in [0.15, 0.2) is 24.3 Å². The van der Waals surface area contributed by atoms with Crippen LogP contribution in [0, 0.1) is 46.8 Å². The number of methoxy groups -OCH3 is 1. The molecule has 4 aliphatic carbocycles. The lowest BCUT2D eigenvalue weighted by atomic mass is 9.49. The molecule has 0 aliphatic heterocycles. The first-order valence-electron chi connectivity index (χ1n) is 14.0. The number of rotatable bonds is 5. The summed E-state index contributed by atoms with van der Waals surface area (Å²) in [4.78, 5) is 26.5. The van der Waals surface area contributed by atoms with E-state index in [4.69, 9.17) is 16.4 Å². The summed E-state index contributed by atoms with van der Waals surface area (Å²) < 4.78 is 5.22. The van der Waals surface area contributed by atoms with Crippen molar-refractivity contribution in [2.24, 2.45) is 58.5 Å². The largest absolute Gasteiger partial charge is 0.497 e. The summed E-state index contributed by atoms with van der Waals surface area (Å²) in [7, 11) is 1.56. The molecule has 4 fully saturated rings. The molecule has 0 saturated heterocycles. The Morgan fingerprint density at radius 2 is 1.81 bits per heavy atom. The predicted octanol–water partition coefficient (Wildman–Crippen LogP) is 5.15. The highest BCUT2D eigenvalue weighted by Crippen LogP contribution is 2.64. The summed E-state index contributed by atoms with van der Waals surface area (Å²) >= 11 is 0. The van der Waals surface area contributed by atoms with Crippen LogP contribution in [0.3, 0.4) is 0 Å². The highest BCUT2D eigenvalue weighted by molar-refractivity contribution is 5.94. The second kappa shape index (κ2) is 9.97. The van der Waals surface area contributed by atoms with Crippen molar-refractivity contribution in [1.29, 1.82) is 0 Å². The number of anilines is 1. The molecular formula is C29H44N4O3. The number of carbonyl (C=O) groups excluding carboxylic acids is 2. The summed E-state index contributed by atoms with van der Waals surface area (Å²) in [6.45, 7) is 4.67. The molecule has 0 heterocycles. The number of Topliss-reactive ketones (excluding diaryl/α,β-unsaturated/α-hetero) is 1. The van der Waals surface area contributed by atoms with Crippen molar-refractivity contribution in [3.8, 4) is 5.75 Å². The molecule has 8 atom stereocenters. The van der Waals surface area contributed by atoms with Crippen molar-refractivity contribution in [2.75, 3.05) is 18.7 Å². The third kappa shape index (κ3) is 4.43. The molecule has 36 heavy (non-hydrogen) atoms. The minimum atomic E-state index is -0.607. The Bertz CT molecular complexity index is 985. The van der Waals surface area contributed by atoms with Gasteiger partial charge in [0.1, 0.15) is 5.75 Å². The zero-order valence-electron chi connectivity index (χ0n) is 22.2. The molecule has 8 unspecified atom stereocenters. The van der Waals surface area contributed by atoms with Crippen molar-refractivity contribution >= 4 is 17.5 Å². The van der Waals surface area contributed by atoms with E-state index in [1.165, 1.54) is 38.5 Å². The molecule has 4 saturated carbocycles. The van der Waals surface area contributed by atoms with Gasteiger partial charge in [-0.05, 0) is 104 Å². The zero-order valence-corrected chi connectivity index (χ0v) is 22.2. The molecule has 2 amide bonds. The fourth-order valence-electron chi connectivity index (χ4n) is 8.97. The highest BCUT2D eigenvalue weighted by atomic mass is 16.5. The Labute approximate surface area is 215 Å². The van der Waals surface area contributed by atoms with Crippen LogP contribution in [0.4, 0.5) is 10.5 Å². The number of ether oxygens (including phenoxy) is 1. The van der Waals surface area contributed by atoms with Gasteiger partial charge in [-0.1, -0.05) is 26.3 Å². The Kier molecular flexibility index (Phi) is 7.07. The number of hydrogen-bond acceptors (Lipinski definition) is 5. The average molecular weight is 497 g/mol. The van der Waals surface area contributed by atoms with Gasteiger partial charge < -0.3 is 4.74 Å². The number of fused-ring (bicyclic) bond motifs is 5. The van der Waals surface area contributed by atoms with E-state index < -0.39 is 6.03 Å². The van der Waals surface area contributed by atoms with Crippen molar-refractivity contribution in [3.63, 3.8) is 0 Å². The van der Waals surface area contributed by atoms with Gasteiger partial charge in [-0.15, -0.1) is 0 Å². The van der Waals surface area contributed by atoms with Gasteiger partial charge in [0.2, 0.25) is 0 Å². The van der Waals surface area contributed by atoms with Gasteiger partial charge in [-0.25, -0.2) is 21.5 Å². The Morgan fingerprint density at radius 1 is 1.03 bits per heavy atom. The third-order valence-electron chi connectivity index (χ3n) is 10.7. The first kappa shape index (κ1) is 25.5. The van der Waals surface area contributed by atoms with Gasteiger partial charge in [0, 0.05) is 12.0 Å². The number of amides is 2. The van der Waals surface area contributed by atoms with E-state index in [2.05, 4.69) is 13.8 Å². The summed E-state index contributed by atoms with van der Waals surface area (Å²) in [5.74, 6) is 17.8. The van der Waals surface area contributed by atoms with E-state index in [0.717, 1.165) is 58.9 Å². The molecule has 7 heteroatoms. The van der Waals surface area contributed by atoms with Crippen LogP contribution in [0.2, 0.25) is 0 Å². The van der Waals surface area contributed by atoms with Crippen LogP contribution in [-0.2, 0) is 4.79 Å². The number of urea groups is 1. The fourth-order valence-corrected chi connectivity index (χ4v) is 8.97. The quantitative estimate of drug-likeness (QED) is 0.334. The molecule has 0 radical (unpaired) electrons. The lowest BCUT2D eigenvalue weighted by Crippen LogP contribution is -2.54. The molecule has 7 nitrogen and oxygen atoms in total. The molecule has 4 N–H and O–H groups in total. The minimum absolute atomic E-state index is 0.0200. The molecule has 0 aromatic heterocycles. The topological polar surface area (TPSA) is 102 Å². The molecule has 5 rings (SSSR count). The van der Waals surface area contributed by atoms with Crippen molar-refractivity contribution in [2.45, 2.75) is 71.6 Å². The van der Waals surface area contributed by atoms with E-state index in [-0.39, 0.29) is 23.7 Å². The van der Waals surface area contributed by atoms with Crippen LogP contribution in [0.1, 0.15) is 71.6 Å². The molecule has 4 aliphatic rings. The lowest BCUT2D eigenvalue weighted by molar-refractivity contribution is -0.131. The third-order valence-corrected chi connectivity index (χ3v) is 10.7. The van der Waals surface area contributed by atoms with Crippen LogP contribution < -0.4 is 21.4 Å². The van der Waals surface area contributed by atoms with E-state index >= 15 is 0 Å². The second-order valence-electron chi connectivity index (χ2n) is 12.5. The average Bonchev–Trinajstić information content (AvgIpc) is 3.24. The number of carbonyl (C=O) groups is 2. The van der Waals surface area contributed by atoms with E-state index in [1.807, 2.05) is 0 Å². The van der Waals surface area contributed by atoms with Crippen LogP contribution in [0.25, 0.3) is 0 Å². The standard InChI is InChI=1S/C29H44N4O3/c1-18-7-9-22-19(15-18)8-10-24-23(22)13-14-29(2)25(24)11-12-26(29)27(34)17-32(30)28(35)33(31)20-5-4-6-21(16-20)36-3/h4-6,16,18-19,22-26H,7-15,17,30-31H2,1-3H3. The van der Waals surface area contributed by atoms with Gasteiger partial charge in [0.25, 0.3) is 0 Å². The molecule has 1 aromatic carbocycles. The summed E-state index contributed by atoms with van der Waals surface area (Å²) in [6.07, 6.45) is 11.4. The normalized spacial score (nSPS) is 37.3. The maximum atomic E-state index is 13.6. The lowest BCUT2D eigenvalue weighted by Gasteiger charge is -2.56. The number of nitrogens with zero attached hydrogens (tertiary/aromatic N) is 2. The predicted molar refractivity (Wildman–Crippen MR) is 141 cm³/mol. The molecular weight excluding hydrogens is 452 g/mol. The van der Waals surface area contributed by atoms with Gasteiger partial charge in [-0.2, -0.15) is 0 Å². The first-order chi connectivity index (χ1) is 17.2. The molecule has 198 valence electrons. The van der Waals surface area contributed by atoms with Crippen LogP contribution in [0.5, 0.6) is 5.75 Å². The van der Waals surface area contributed by atoms with E-state index in [1.54, 1.807) is 31.4 Å². The Hall–Kier alpha value is -2.12. The number of nitrogens with two attached hydrogens (primary N) is 2. The van der Waals surface area contributed by atoms with Crippen molar-refractivity contribution < 1.29 is 14.3 Å². The summed E-state index contributed by atoms with van der Waals surface area (Å²) in [5, 5.41) is 1.95. The van der Waals surface area contributed by atoms with E-state index in [9.17, 15) is 9.59 Å². The first-order valence-corrected chi connectivity index (χ1v) is 14.0. The van der Waals surface area contributed by atoms with Crippen LogP contribution in [-0.4, -0.2) is 30.5 Å². The maximum absolute atomic E-state index is 13.6. The van der Waals surface area contributed by atoms with Crippen molar-refractivity contribution in [3.05, 3.63) is 24.3 Å². The van der Waals surface area contributed by atoms with Gasteiger partial charge in [0.05, 0.1) is 19.3 Å². The number of hydrazine groups is 2. The van der Waals surface area contributed by atoms with Crippen molar-refractivity contribution in [1.82, 2.24) is 5.01 Å². The second-order valence-corrected chi connectivity index (χ2v) is 12.5. The SMILES string of the molecule is COc1cccc(N(N)C(=O)N(N)CC(=O)C2CCC3C4CCC5CC(C)CCC5C4CCC23C)c1. The van der Waals surface area contributed by atoms with Gasteiger partial charge in [0.15, 0.2) is 5.78 Å². The van der Waals surface area contributed by atoms with E-state index in [0.29, 0.717) is 17.4 Å². The zero-order chi connectivity index (χ0) is 25.6. The highest BCUT2D eigenvalue weighted by Gasteiger charge is 2.58. The molecule has 0 bridgehead atoms. The minimum Gasteiger partial charge on any atom is -0.497 e. The number of ketones is 1. The monoisotopic (exact) mass is 496 g/mol. The molecule has 0 spiro atoms. The molecule has 1 aromatic rings. The summed E-state index contributed by atoms with van der Waals surface area (Å²) in [5.41, 5.74) is 0.479. The van der Waals surface area contributed by atoms with Crippen LogP contribution >= 0.6 is 0 Å². The number of benzene rings is 1. The van der Waals surface area contributed by atoms with Gasteiger partial charge in [-0.3, -0.25) is 9.80 Å². The Morgan fingerprint density at radius 3 is 2.58 bits per heavy atom. The Balaban J connectivity index is 1.23. The smallest absolute Gasteiger partial charge is 0.353 e. The van der Waals surface area contributed by atoms with Gasteiger partial charge >= 0.3 is 6.03 Å². The maximum Gasteiger partial charge on any atom is 0.353 e. The number of hydrogen-bond donors (Lipinski definition) is 2.